The van der Waals surface area contributed by atoms with E-state index in [9.17, 15) is 4.79 Å². The average molecular weight is 255 g/mol. The Morgan fingerprint density at radius 3 is 3.00 bits per heavy atom. The molecule has 0 radical (unpaired) electrons. The quantitative estimate of drug-likeness (QED) is 0.426. The molecule has 1 aromatic heterocycles. The van der Waals surface area contributed by atoms with Crippen molar-refractivity contribution in [3.8, 4) is 0 Å². The number of hydrazine groups is 1. The Hall–Kier alpha value is -1.40. The second-order valence-corrected chi connectivity index (χ2v) is 4.37. The molecule has 3 N–H and O–H groups in total. The van der Waals surface area contributed by atoms with Gasteiger partial charge >= 0.3 is 0 Å². The smallest absolute Gasteiger partial charge is 0.243 e. The molecule has 0 spiro atoms. The van der Waals surface area contributed by atoms with Gasteiger partial charge in [-0.1, -0.05) is 12.1 Å². The van der Waals surface area contributed by atoms with Crippen molar-refractivity contribution < 1.29 is 4.79 Å². The molecular formula is C10H13N3OS2. The fourth-order valence-electron chi connectivity index (χ4n) is 0.951. The Morgan fingerprint density at radius 2 is 2.38 bits per heavy atom. The maximum absolute atomic E-state index is 11.4. The van der Waals surface area contributed by atoms with Gasteiger partial charge in [0.1, 0.15) is 0 Å². The van der Waals surface area contributed by atoms with Crippen LogP contribution < -0.4 is 16.2 Å². The van der Waals surface area contributed by atoms with E-state index in [4.69, 9.17) is 12.2 Å². The van der Waals surface area contributed by atoms with Crippen LogP contribution in [0.15, 0.2) is 30.2 Å². The van der Waals surface area contributed by atoms with E-state index >= 15 is 0 Å². The van der Waals surface area contributed by atoms with Crippen LogP contribution in [-0.2, 0) is 11.2 Å². The van der Waals surface area contributed by atoms with Gasteiger partial charge in [0.25, 0.3) is 0 Å². The van der Waals surface area contributed by atoms with Crippen LogP contribution in [0.1, 0.15) is 4.88 Å². The Morgan fingerprint density at radius 1 is 1.56 bits per heavy atom. The minimum absolute atomic E-state index is 0.120. The highest BCUT2D eigenvalue weighted by atomic mass is 32.1. The molecule has 1 heterocycles. The molecule has 0 aliphatic carbocycles. The van der Waals surface area contributed by atoms with Gasteiger partial charge in [-0.25, -0.2) is 0 Å². The highest BCUT2D eigenvalue weighted by Gasteiger charge is 2.03. The van der Waals surface area contributed by atoms with E-state index in [0.717, 1.165) is 4.88 Å². The van der Waals surface area contributed by atoms with Gasteiger partial charge in [-0.3, -0.25) is 15.6 Å². The molecule has 0 bridgehead atoms. The SMILES string of the molecule is C=CCNC(=S)NNC(=O)Cc1cccs1. The van der Waals surface area contributed by atoms with Crippen LogP contribution in [0.25, 0.3) is 0 Å². The lowest BCUT2D eigenvalue weighted by molar-refractivity contribution is -0.120. The molecule has 4 nitrogen and oxygen atoms in total. The predicted molar refractivity (Wildman–Crippen MR) is 70.1 cm³/mol. The largest absolute Gasteiger partial charge is 0.358 e. The van der Waals surface area contributed by atoms with Crippen LogP contribution in [0.2, 0.25) is 0 Å². The first-order chi connectivity index (χ1) is 7.72. The molecule has 0 atom stereocenters. The lowest BCUT2D eigenvalue weighted by atomic mass is 10.3. The van der Waals surface area contributed by atoms with Crippen molar-refractivity contribution in [3.63, 3.8) is 0 Å². The molecule has 1 aromatic rings. The zero-order valence-corrected chi connectivity index (χ0v) is 10.3. The topological polar surface area (TPSA) is 53.2 Å². The highest BCUT2D eigenvalue weighted by molar-refractivity contribution is 7.80. The number of amides is 1. The van der Waals surface area contributed by atoms with Crippen LogP contribution in [0.3, 0.4) is 0 Å². The average Bonchev–Trinajstić information content (AvgIpc) is 2.76. The van der Waals surface area contributed by atoms with Crippen LogP contribution in [0.5, 0.6) is 0 Å². The van der Waals surface area contributed by atoms with Gasteiger partial charge in [0, 0.05) is 11.4 Å². The number of rotatable bonds is 4. The fraction of sp³-hybridized carbons (Fsp3) is 0.200. The lowest BCUT2D eigenvalue weighted by Gasteiger charge is -2.09. The summed E-state index contributed by atoms with van der Waals surface area (Å²) in [6, 6.07) is 3.83. The maximum atomic E-state index is 11.4. The van der Waals surface area contributed by atoms with Crippen molar-refractivity contribution in [2.75, 3.05) is 6.54 Å². The molecule has 0 unspecified atom stereocenters. The highest BCUT2D eigenvalue weighted by Crippen LogP contribution is 2.08. The molecule has 1 rings (SSSR count). The van der Waals surface area contributed by atoms with Crippen LogP contribution in [0, 0.1) is 0 Å². The van der Waals surface area contributed by atoms with Crippen LogP contribution in [0.4, 0.5) is 0 Å². The molecule has 1 amide bonds. The third-order valence-electron chi connectivity index (χ3n) is 1.64. The third kappa shape index (κ3) is 4.90. The molecule has 0 saturated heterocycles. The second-order valence-electron chi connectivity index (χ2n) is 2.93. The van der Waals surface area contributed by atoms with Crippen molar-refractivity contribution in [1.82, 2.24) is 16.2 Å². The monoisotopic (exact) mass is 255 g/mol. The van der Waals surface area contributed by atoms with E-state index in [2.05, 4.69) is 22.7 Å². The van der Waals surface area contributed by atoms with Crippen molar-refractivity contribution in [1.29, 1.82) is 0 Å². The summed E-state index contributed by atoms with van der Waals surface area (Å²) in [6.45, 7) is 4.10. The number of hydrogen-bond acceptors (Lipinski definition) is 3. The first kappa shape index (κ1) is 12.7. The maximum Gasteiger partial charge on any atom is 0.243 e. The summed E-state index contributed by atoms with van der Waals surface area (Å²) < 4.78 is 0. The van der Waals surface area contributed by atoms with E-state index in [1.54, 1.807) is 17.4 Å². The first-order valence-corrected chi connectivity index (χ1v) is 5.97. The minimum atomic E-state index is -0.120. The van der Waals surface area contributed by atoms with E-state index in [1.807, 2.05) is 17.5 Å². The molecule has 0 aliphatic rings. The zero-order valence-electron chi connectivity index (χ0n) is 8.66. The third-order valence-corrected chi connectivity index (χ3v) is 2.76. The Kier molecular flexibility index (Phi) is 5.52. The van der Waals surface area contributed by atoms with E-state index in [1.165, 1.54) is 0 Å². The van der Waals surface area contributed by atoms with Gasteiger partial charge in [0.05, 0.1) is 6.42 Å². The molecule has 6 heteroatoms. The van der Waals surface area contributed by atoms with Gasteiger partial charge in [0.2, 0.25) is 5.91 Å². The molecular weight excluding hydrogens is 242 g/mol. The standard InChI is InChI=1S/C10H13N3OS2/c1-2-5-11-10(15)13-12-9(14)7-8-4-3-6-16-8/h2-4,6H,1,5,7H2,(H,12,14)(H2,11,13,15). The van der Waals surface area contributed by atoms with Crippen molar-refractivity contribution in [3.05, 3.63) is 35.0 Å². The summed E-state index contributed by atoms with van der Waals surface area (Å²) in [6.07, 6.45) is 2.04. The van der Waals surface area contributed by atoms with Gasteiger partial charge in [-0.2, -0.15) is 0 Å². The molecule has 0 saturated carbocycles. The van der Waals surface area contributed by atoms with Crippen molar-refractivity contribution in [2.24, 2.45) is 0 Å². The van der Waals surface area contributed by atoms with Crippen molar-refractivity contribution in [2.45, 2.75) is 6.42 Å². The van der Waals surface area contributed by atoms with E-state index in [0.29, 0.717) is 18.1 Å². The lowest BCUT2D eigenvalue weighted by Crippen LogP contribution is -2.47. The molecule has 0 aromatic carbocycles. The van der Waals surface area contributed by atoms with E-state index in [-0.39, 0.29) is 5.91 Å². The number of carbonyl (C=O) groups is 1. The predicted octanol–water partition coefficient (Wildman–Crippen LogP) is 0.972. The fourth-order valence-corrected chi connectivity index (χ4v) is 1.79. The summed E-state index contributed by atoms with van der Waals surface area (Å²) >= 11 is 6.45. The van der Waals surface area contributed by atoms with Gasteiger partial charge in [0.15, 0.2) is 5.11 Å². The summed E-state index contributed by atoms with van der Waals surface area (Å²) in [5.74, 6) is -0.120. The van der Waals surface area contributed by atoms with Crippen LogP contribution >= 0.6 is 23.6 Å². The zero-order chi connectivity index (χ0) is 11.8. The Bertz CT molecular complexity index is 362. The number of carbonyl (C=O) groups excluding carboxylic acids is 1. The van der Waals surface area contributed by atoms with E-state index < -0.39 is 0 Å². The summed E-state index contributed by atoms with van der Waals surface area (Å²) in [5.41, 5.74) is 5.12. The number of hydrogen-bond donors (Lipinski definition) is 3. The second kappa shape index (κ2) is 6.97. The molecule has 0 fully saturated rings. The molecule has 86 valence electrons. The Balaban J connectivity index is 2.20. The van der Waals surface area contributed by atoms with Gasteiger partial charge in [-0.05, 0) is 23.7 Å². The summed E-state index contributed by atoms with van der Waals surface area (Å²) in [4.78, 5) is 12.4. The van der Waals surface area contributed by atoms with Gasteiger partial charge < -0.3 is 5.32 Å². The minimum Gasteiger partial charge on any atom is -0.358 e. The van der Waals surface area contributed by atoms with Crippen molar-refractivity contribution >= 4 is 34.6 Å². The number of thiophene rings is 1. The molecule has 0 aliphatic heterocycles. The Labute approximate surface area is 104 Å². The van der Waals surface area contributed by atoms with Crippen LogP contribution in [-0.4, -0.2) is 17.6 Å². The molecule has 16 heavy (non-hydrogen) atoms. The van der Waals surface area contributed by atoms with Gasteiger partial charge in [-0.15, -0.1) is 17.9 Å². The first-order valence-electron chi connectivity index (χ1n) is 4.68. The normalized spacial score (nSPS) is 9.25. The summed E-state index contributed by atoms with van der Waals surface area (Å²) in [5, 5.41) is 5.15. The number of thiocarbonyl (C=S) groups is 1. The number of nitrogens with one attached hydrogen (secondary N) is 3. The summed E-state index contributed by atoms with van der Waals surface area (Å²) in [7, 11) is 0.